The van der Waals surface area contributed by atoms with E-state index in [-0.39, 0.29) is 18.6 Å². The van der Waals surface area contributed by atoms with Crippen LogP contribution in [-0.2, 0) is 22.5 Å². The molecule has 18 heavy (non-hydrogen) atoms. The van der Waals surface area contributed by atoms with Crippen LogP contribution in [-0.4, -0.2) is 23.8 Å². The normalized spacial score (nSPS) is 11.2. The van der Waals surface area contributed by atoms with Gasteiger partial charge in [0.2, 0.25) is 5.91 Å². The molecule has 5 nitrogen and oxygen atoms in total. The van der Waals surface area contributed by atoms with Crippen LogP contribution >= 0.6 is 0 Å². The fourth-order valence-electron chi connectivity index (χ4n) is 1.43. The van der Waals surface area contributed by atoms with E-state index < -0.39 is 0 Å². The minimum Gasteiger partial charge on any atom is -0.369 e. The van der Waals surface area contributed by atoms with Crippen LogP contribution in [0, 0.1) is 5.92 Å². The molecule has 1 N–H and O–H groups in total. The molecular formula is C13H22N2O3. The number of carbonyl (C=O) groups is 1. The second kappa shape index (κ2) is 7.16. The summed E-state index contributed by atoms with van der Waals surface area (Å²) in [7, 11) is 0. The van der Waals surface area contributed by atoms with E-state index in [4.69, 9.17) is 9.26 Å². The quantitative estimate of drug-likeness (QED) is 0.807. The number of aromatic nitrogens is 1. The molecule has 0 saturated heterocycles. The number of amides is 1. The number of nitrogens with one attached hydrogen (secondary N) is 1. The molecule has 1 amide bonds. The topological polar surface area (TPSA) is 64.4 Å². The number of rotatable bonds is 7. The van der Waals surface area contributed by atoms with E-state index in [0.29, 0.717) is 18.2 Å². The Morgan fingerprint density at radius 3 is 2.78 bits per heavy atom. The Labute approximate surface area is 108 Å². The highest BCUT2D eigenvalue weighted by atomic mass is 16.5. The SMILES string of the molecule is CC(C)Cc1cc(CNC(=O)COC(C)C)on1. The Balaban J connectivity index is 2.30. The third kappa shape index (κ3) is 5.82. The average molecular weight is 254 g/mol. The fourth-order valence-corrected chi connectivity index (χ4v) is 1.43. The van der Waals surface area contributed by atoms with Crippen molar-refractivity contribution in [2.75, 3.05) is 6.61 Å². The van der Waals surface area contributed by atoms with E-state index in [1.54, 1.807) is 0 Å². The van der Waals surface area contributed by atoms with Gasteiger partial charge >= 0.3 is 0 Å². The van der Waals surface area contributed by atoms with Crippen LogP contribution in [0.3, 0.4) is 0 Å². The van der Waals surface area contributed by atoms with Crippen LogP contribution in [0.4, 0.5) is 0 Å². The smallest absolute Gasteiger partial charge is 0.246 e. The third-order valence-corrected chi connectivity index (χ3v) is 2.23. The molecule has 0 bridgehead atoms. The largest absolute Gasteiger partial charge is 0.369 e. The molecule has 0 fully saturated rings. The van der Waals surface area contributed by atoms with E-state index in [1.165, 1.54) is 0 Å². The third-order valence-electron chi connectivity index (χ3n) is 2.23. The van der Waals surface area contributed by atoms with Gasteiger partial charge in [0.25, 0.3) is 0 Å². The van der Waals surface area contributed by atoms with Crippen LogP contribution < -0.4 is 5.32 Å². The second-order valence-electron chi connectivity index (χ2n) is 5.02. The summed E-state index contributed by atoms with van der Waals surface area (Å²) < 4.78 is 10.3. The van der Waals surface area contributed by atoms with Crippen LogP contribution in [0.25, 0.3) is 0 Å². The fraction of sp³-hybridized carbons (Fsp3) is 0.692. The summed E-state index contributed by atoms with van der Waals surface area (Å²) in [4.78, 5) is 11.4. The molecule has 1 aromatic heterocycles. The van der Waals surface area contributed by atoms with Gasteiger partial charge in [0, 0.05) is 6.07 Å². The molecule has 0 aliphatic carbocycles. The molecule has 0 atom stereocenters. The molecule has 0 aliphatic rings. The number of carbonyl (C=O) groups excluding carboxylic acids is 1. The molecule has 0 aliphatic heterocycles. The van der Waals surface area contributed by atoms with Gasteiger partial charge in [0.15, 0.2) is 5.76 Å². The second-order valence-corrected chi connectivity index (χ2v) is 5.02. The highest BCUT2D eigenvalue weighted by molar-refractivity contribution is 5.77. The van der Waals surface area contributed by atoms with E-state index in [2.05, 4.69) is 24.3 Å². The van der Waals surface area contributed by atoms with Gasteiger partial charge in [-0.05, 0) is 26.2 Å². The van der Waals surface area contributed by atoms with Crippen LogP contribution in [0.2, 0.25) is 0 Å². The zero-order valence-electron chi connectivity index (χ0n) is 11.5. The Hall–Kier alpha value is -1.36. The Kier molecular flexibility index (Phi) is 5.85. The first-order valence-corrected chi connectivity index (χ1v) is 6.30. The van der Waals surface area contributed by atoms with Gasteiger partial charge in [0.05, 0.1) is 18.3 Å². The van der Waals surface area contributed by atoms with Crippen molar-refractivity contribution in [3.63, 3.8) is 0 Å². The van der Waals surface area contributed by atoms with Crippen molar-refractivity contribution in [1.29, 1.82) is 0 Å². The van der Waals surface area contributed by atoms with Crippen molar-refractivity contribution in [2.45, 2.75) is 46.8 Å². The van der Waals surface area contributed by atoms with Crippen molar-refractivity contribution in [1.82, 2.24) is 10.5 Å². The highest BCUT2D eigenvalue weighted by Crippen LogP contribution is 2.08. The zero-order valence-corrected chi connectivity index (χ0v) is 11.5. The molecular weight excluding hydrogens is 232 g/mol. The monoisotopic (exact) mass is 254 g/mol. The first-order chi connectivity index (χ1) is 8.47. The van der Waals surface area contributed by atoms with Crippen molar-refractivity contribution >= 4 is 5.91 Å². The lowest BCUT2D eigenvalue weighted by atomic mass is 10.1. The molecule has 1 heterocycles. The summed E-state index contributed by atoms with van der Waals surface area (Å²) in [6.45, 7) is 8.46. The predicted octanol–water partition coefficient (Wildman–Crippen LogP) is 1.91. The summed E-state index contributed by atoms with van der Waals surface area (Å²) in [5, 5.41) is 6.67. The standard InChI is InChI=1S/C13H22N2O3/c1-9(2)5-11-6-12(18-15-11)7-14-13(16)8-17-10(3)4/h6,9-10H,5,7-8H2,1-4H3,(H,14,16). The Bertz CT molecular complexity index is 372. The zero-order chi connectivity index (χ0) is 13.5. The summed E-state index contributed by atoms with van der Waals surface area (Å²) >= 11 is 0. The number of hydrogen-bond acceptors (Lipinski definition) is 4. The molecule has 5 heteroatoms. The summed E-state index contributed by atoms with van der Waals surface area (Å²) in [5.74, 6) is 1.06. The lowest BCUT2D eigenvalue weighted by molar-refractivity contribution is -0.127. The summed E-state index contributed by atoms with van der Waals surface area (Å²) in [5.41, 5.74) is 0.924. The van der Waals surface area contributed by atoms with Gasteiger partial charge in [-0.3, -0.25) is 4.79 Å². The van der Waals surface area contributed by atoms with Crippen molar-refractivity contribution in [3.8, 4) is 0 Å². The molecule has 102 valence electrons. The molecule has 0 unspecified atom stereocenters. The number of hydrogen-bond donors (Lipinski definition) is 1. The van der Waals surface area contributed by atoms with Crippen LogP contribution in [0.15, 0.2) is 10.6 Å². The molecule has 0 saturated carbocycles. The number of nitrogens with zero attached hydrogens (tertiary/aromatic N) is 1. The van der Waals surface area contributed by atoms with E-state index in [9.17, 15) is 4.79 Å². The maximum Gasteiger partial charge on any atom is 0.246 e. The minimum atomic E-state index is -0.148. The molecule has 0 aromatic carbocycles. The van der Waals surface area contributed by atoms with Gasteiger partial charge in [-0.15, -0.1) is 0 Å². The molecule has 0 spiro atoms. The molecule has 1 aromatic rings. The van der Waals surface area contributed by atoms with Crippen LogP contribution in [0.1, 0.15) is 39.1 Å². The van der Waals surface area contributed by atoms with Gasteiger partial charge in [-0.2, -0.15) is 0 Å². The van der Waals surface area contributed by atoms with Crippen molar-refractivity contribution in [2.24, 2.45) is 5.92 Å². The van der Waals surface area contributed by atoms with Gasteiger partial charge in [0.1, 0.15) is 6.61 Å². The predicted molar refractivity (Wildman–Crippen MR) is 68.0 cm³/mol. The lowest BCUT2D eigenvalue weighted by Gasteiger charge is -2.06. The van der Waals surface area contributed by atoms with Crippen LogP contribution in [0.5, 0.6) is 0 Å². The highest BCUT2D eigenvalue weighted by Gasteiger charge is 2.08. The Morgan fingerprint density at radius 1 is 1.44 bits per heavy atom. The lowest BCUT2D eigenvalue weighted by Crippen LogP contribution is -2.28. The minimum absolute atomic E-state index is 0.0543. The summed E-state index contributed by atoms with van der Waals surface area (Å²) in [6, 6.07) is 1.88. The van der Waals surface area contributed by atoms with Gasteiger partial charge in [-0.1, -0.05) is 19.0 Å². The van der Waals surface area contributed by atoms with E-state index in [0.717, 1.165) is 12.1 Å². The van der Waals surface area contributed by atoms with Crippen molar-refractivity contribution in [3.05, 3.63) is 17.5 Å². The molecule has 0 radical (unpaired) electrons. The first kappa shape index (κ1) is 14.7. The average Bonchev–Trinajstić information content (AvgIpc) is 2.70. The first-order valence-electron chi connectivity index (χ1n) is 6.30. The molecule has 1 rings (SSSR count). The van der Waals surface area contributed by atoms with Gasteiger partial charge < -0.3 is 14.6 Å². The maximum atomic E-state index is 11.4. The van der Waals surface area contributed by atoms with Gasteiger partial charge in [-0.25, -0.2) is 0 Å². The number of ether oxygens (including phenoxy) is 1. The summed E-state index contributed by atoms with van der Waals surface area (Å²) in [6.07, 6.45) is 0.937. The Morgan fingerprint density at radius 2 is 2.17 bits per heavy atom. The maximum absolute atomic E-state index is 11.4. The van der Waals surface area contributed by atoms with E-state index in [1.807, 2.05) is 19.9 Å². The van der Waals surface area contributed by atoms with Crippen molar-refractivity contribution < 1.29 is 14.1 Å². The van der Waals surface area contributed by atoms with E-state index >= 15 is 0 Å².